The van der Waals surface area contributed by atoms with Gasteiger partial charge in [0, 0.05) is 13.1 Å². The van der Waals surface area contributed by atoms with Crippen molar-refractivity contribution in [3.63, 3.8) is 0 Å². The lowest BCUT2D eigenvalue weighted by Gasteiger charge is -2.20. The number of likely N-dealkylation sites (N-methyl/N-ethyl adjacent to an activating group) is 1. The summed E-state index contributed by atoms with van der Waals surface area (Å²) in [5.41, 5.74) is 0. The van der Waals surface area contributed by atoms with E-state index in [1.165, 1.54) is 4.90 Å². The van der Waals surface area contributed by atoms with E-state index in [2.05, 4.69) is 5.16 Å². The van der Waals surface area contributed by atoms with Gasteiger partial charge in [-0.15, -0.1) is 0 Å². The zero-order valence-electron chi connectivity index (χ0n) is 12.2. The van der Waals surface area contributed by atoms with E-state index in [4.69, 9.17) is 4.52 Å². The van der Waals surface area contributed by atoms with E-state index in [0.717, 1.165) is 12.8 Å². The maximum Gasteiger partial charge on any atom is 0.328 e. The standard InChI is InChI=1S/C13H21N3O3S/c1-5-6-9-12(17)16(13(18)15(9)3)11-7-10(19-14-11)8(2)20-4/h7-9,12,17H,5-6H2,1-4H3. The fourth-order valence-electron chi connectivity index (χ4n) is 2.37. The van der Waals surface area contributed by atoms with Gasteiger partial charge in [-0.3, -0.25) is 0 Å². The Bertz CT molecular complexity index is 479. The highest BCUT2D eigenvalue weighted by Gasteiger charge is 2.44. The van der Waals surface area contributed by atoms with Gasteiger partial charge in [-0.25, -0.2) is 9.69 Å². The number of aromatic nitrogens is 1. The van der Waals surface area contributed by atoms with Gasteiger partial charge in [0.05, 0.1) is 11.3 Å². The van der Waals surface area contributed by atoms with Crippen molar-refractivity contribution in [2.75, 3.05) is 18.2 Å². The second kappa shape index (κ2) is 6.05. The average molecular weight is 299 g/mol. The van der Waals surface area contributed by atoms with E-state index < -0.39 is 6.23 Å². The monoisotopic (exact) mass is 299 g/mol. The molecule has 1 aliphatic heterocycles. The van der Waals surface area contributed by atoms with Gasteiger partial charge in [-0.2, -0.15) is 11.8 Å². The minimum atomic E-state index is -0.880. The summed E-state index contributed by atoms with van der Waals surface area (Å²) in [4.78, 5) is 15.1. The summed E-state index contributed by atoms with van der Waals surface area (Å²) < 4.78 is 5.26. The lowest BCUT2D eigenvalue weighted by atomic mass is 10.1. The molecular weight excluding hydrogens is 278 g/mol. The van der Waals surface area contributed by atoms with Crippen molar-refractivity contribution in [3.8, 4) is 0 Å². The first-order valence-electron chi connectivity index (χ1n) is 6.74. The van der Waals surface area contributed by atoms with Crippen molar-refractivity contribution >= 4 is 23.6 Å². The van der Waals surface area contributed by atoms with E-state index in [9.17, 15) is 9.90 Å². The molecule has 7 heteroatoms. The largest absolute Gasteiger partial charge is 0.371 e. The summed E-state index contributed by atoms with van der Waals surface area (Å²) >= 11 is 1.63. The normalized spacial score (nSPS) is 24.6. The summed E-state index contributed by atoms with van der Waals surface area (Å²) in [5.74, 6) is 1.08. The topological polar surface area (TPSA) is 69.8 Å². The van der Waals surface area contributed by atoms with Crippen molar-refractivity contribution in [2.24, 2.45) is 0 Å². The maximum atomic E-state index is 12.3. The van der Waals surface area contributed by atoms with Gasteiger partial charge in [0.2, 0.25) is 0 Å². The molecule has 3 atom stereocenters. The van der Waals surface area contributed by atoms with Crippen LogP contribution in [0.4, 0.5) is 10.6 Å². The summed E-state index contributed by atoms with van der Waals surface area (Å²) in [6.45, 7) is 4.03. The van der Waals surface area contributed by atoms with Crippen LogP contribution in [0.25, 0.3) is 0 Å². The molecule has 1 aromatic rings. The number of aliphatic hydroxyl groups excluding tert-OH is 1. The predicted molar refractivity (Wildman–Crippen MR) is 78.8 cm³/mol. The van der Waals surface area contributed by atoms with Crippen LogP contribution in [0, 0.1) is 0 Å². The molecule has 2 rings (SSSR count). The molecule has 1 N–H and O–H groups in total. The van der Waals surface area contributed by atoms with Crippen LogP contribution in [0.3, 0.4) is 0 Å². The molecule has 0 aromatic carbocycles. The Balaban J connectivity index is 2.23. The number of hydrogen-bond acceptors (Lipinski definition) is 5. The second-order valence-corrected chi connectivity index (χ2v) is 6.18. The summed E-state index contributed by atoms with van der Waals surface area (Å²) in [6.07, 6.45) is 2.76. The number of rotatable bonds is 5. The Morgan fingerprint density at radius 3 is 2.90 bits per heavy atom. The number of carbonyl (C=O) groups is 1. The number of urea groups is 1. The lowest BCUT2D eigenvalue weighted by Crippen LogP contribution is -2.36. The summed E-state index contributed by atoms with van der Waals surface area (Å²) in [5, 5.41) is 14.4. The highest BCUT2D eigenvalue weighted by atomic mass is 32.2. The van der Waals surface area contributed by atoms with E-state index >= 15 is 0 Å². The zero-order valence-corrected chi connectivity index (χ0v) is 13.1. The fourth-order valence-corrected chi connectivity index (χ4v) is 2.71. The number of anilines is 1. The van der Waals surface area contributed by atoms with Crippen molar-refractivity contribution < 1.29 is 14.4 Å². The average Bonchev–Trinajstić information content (AvgIpc) is 2.98. The Hall–Kier alpha value is -1.21. The smallest absolute Gasteiger partial charge is 0.328 e. The molecule has 0 spiro atoms. The van der Waals surface area contributed by atoms with E-state index in [0.29, 0.717) is 11.6 Å². The molecule has 0 saturated carbocycles. The number of aliphatic hydroxyl groups is 1. The maximum absolute atomic E-state index is 12.3. The fraction of sp³-hybridized carbons (Fsp3) is 0.692. The second-order valence-electron chi connectivity index (χ2n) is 5.00. The van der Waals surface area contributed by atoms with Gasteiger partial charge in [0.1, 0.15) is 0 Å². The minimum absolute atomic E-state index is 0.162. The van der Waals surface area contributed by atoms with Gasteiger partial charge >= 0.3 is 6.03 Å². The predicted octanol–water partition coefficient (Wildman–Crippen LogP) is 2.46. The third-order valence-corrected chi connectivity index (χ3v) is 4.65. The number of carbonyl (C=O) groups excluding carboxylic acids is 1. The molecule has 1 fully saturated rings. The molecule has 3 unspecified atom stereocenters. The van der Waals surface area contributed by atoms with E-state index in [-0.39, 0.29) is 17.3 Å². The van der Waals surface area contributed by atoms with Crippen molar-refractivity contribution in [2.45, 2.75) is 44.2 Å². The number of thioether (sulfide) groups is 1. The molecule has 0 aliphatic carbocycles. The third-order valence-electron chi connectivity index (χ3n) is 3.72. The highest BCUT2D eigenvalue weighted by molar-refractivity contribution is 7.98. The van der Waals surface area contributed by atoms with Gasteiger partial charge in [0.15, 0.2) is 17.8 Å². The third kappa shape index (κ3) is 2.52. The lowest BCUT2D eigenvalue weighted by molar-refractivity contribution is 0.122. The Kier molecular flexibility index (Phi) is 4.59. The first kappa shape index (κ1) is 15.2. The van der Waals surface area contributed by atoms with Crippen LogP contribution in [-0.2, 0) is 0 Å². The van der Waals surface area contributed by atoms with Crippen LogP contribution in [0.1, 0.15) is 37.7 Å². The molecular formula is C13H21N3O3S. The zero-order chi connectivity index (χ0) is 14.9. The minimum Gasteiger partial charge on any atom is -0.371 e. The van der Waals surface area contributed by atoms with Crippen LogP contribution in [0.15, 0.2) is 10.6 Å². The number of nitrogens with zero attached hydrogens (tertiary/aromatic N) is 3. The van der Waals surface area contributed by atoms with Gasteiger partial charge in [0.25, 0.3) is 0 Å². The molecule has 0 bridgehead atoms. The van der Waals surface area contributed by atoms with Crippen LogP contribution < -0.4 is 4.90 Å². The van der Waals surface area contributed by atoms with Gasteiger partial charge in [-0.05, 0) is 19.6 Å². The van der Waals surface area contributed by atoms with E-state index in [1.807, 2.05) is 20.1 Å². The van der Waals surface area contributed by atoms with Crippen molar-refractivity contribution in [1.29, 1.82) is 0 Å². The first-order chi connectivity index (χ1) is 9.51. The molecule has 20 heavy (non-hydrogen) atoms. The highest BCUT2D eigenvalue weighted by Crippen LogP contribution is 2.32. The number of hydrogen-bond donors (Lipinski definition) is 1. The molecule has 1 saturated heterocycles. The number of amides is 2. The van der Waals surface area contributed by atoms with Crippen LogP contribution in [0.5, 0.6) is 0 Å². The molecule has 1 aromatic heterocycles. The molecule has 0 radical (unpaired) electrons. The quantitative estimate of drug-likeness (QED) is 0.904. The van der Waals surface area contributed by atoms with Crippen LogP contribution >= 0.6 is 11.8 Å². The molecule has 1 aliphatic rings. The molecule has 2 amide bonds. The Morgan fingerprint density at radius 1 is 1.60 bits per heavy atom. The van der Waals surface area contributed by atoms with Gasteiger partial charge in [-0.1, -0.05) is 18.5 Å². The van der Waals surface area contributed by atoms with Gasteiger partial charge < -0.3 is 14.5 Å². The first-order valence-corrected chi connectivity index (χ1v) is 8.03. The van der Waals surface area contributed by atoms with Crippen molar-refractivity contribution in [1.82, 2.24) is 10.1 Å². The van der Waals surface area contributed by atoms with Crippen LogP contribution in [0.2, 0.25) is 0 Å². The Morgan fingerprint density at radius 2 is 2.30 bits per heavy atom. The molecule has 6 nitrogen and oxygen atoms in total. The molecule has 2 heterocycles. The Labute approximate surface area is 123 Å². The summed E-state index contributed by atoms with van der Waals surface area (Å²) in [7, 11) is 1.71. The summed E-state index contributed by atoms with van der Waals surface area (Å²) in [6, 6.07) is 1.28. The van der Waals surface area contributed by atoms with Crippen LogP contribution in [-0.4, -0.2) is 46.8 Å². The SMILES string of the molecule is CCCC1C(O)N(c2cc(C(C)SC)on2)C(=O)N1C. The van der Waals surface area contributed by atoms with Crippen molar-refractivity contribution in [3.05, 3.63) is 11.8 Å². The molecule has 112 valence electrons. The van der Waals surface area contributed by atoms with E-state index in [1.54, 1.807) is 29.8 Å².